The predicted molar refractivity (Wildman–Crippen MR) is 117 cm³/mol. The largest absolute Gasteiger partial charge is 0.466 e. The molecule has 7 heteroatoms. The molecule has 2 aromatic rings. The maximum Gasteiger partial charge on any atom is 0.466 e. The molecule has 1 aromatic heterocycles. The van der Waals surface area contributed by atoms with Crippen LogP contribution in [0.1, 0.15) is 27.2 Å². The summed E-state index contributed by atoms with van der Waals surface area (Å²) in [5.74, 6) is -0.350. The van der Waals surface area contributed by atoms with Crippen molar-refractivity contribution in [1.82, 2.24) is 4.98 Å². The van der Waals surface area contributed by atoms with Gasteiger partial charge in [0, 0.05) is 5.70 Å². The topological polar surface area (TPSA) is 19.4 Å². The molecule has 0 N–H and O–H groups in total. The van der Waals surface area contributed by atoms with Crippen LogP contribution < -0.4 is 9.62 Å². The average Bonchev–Trinajstić information content (AvgIpc) is 3.00. The third kappa shape index (κ3) is 3.90. The predicted octanol–water partition coefficient (Wildman–Crippen LogP) is 6.67. The van der Waals surface area contributed by atoms with Crippen LogP contribution >= 0.6 is 15.8 Å². The van der Waals surface area contributed by atoms with Gasteiger partial charge in [-0.1, -0.05) is 46.5 Å². The van der Waals surface area contributed by atoms with Gasteiger partial charge in [0.1, 0.15) is 17.5 Å². The molecule has 0 fully saturated rings. The number of hydrogen-bond donors (Lipinski definition) is 0. The van der Waals surface area contributed by atoms with E-state index < -0.39 is 0 Å². The summed E-state index contributed by atoms with van der Waals surface area (Å²) in [6, 6.07) is 10.9. The van der Waals surface area contributed by atoms with E-state index in [1.54, 1.807) is 19.1 Å². The lowest BCUT2D eigenvalue weighted by molar-refractivity contribution is 0.621. The number of nitrogens with zero attached hydrogens (tertiary/aromatic N) is 3. The molecule has 144 valence electrons. The summed E-state index contributed by atoms with van der Waals surface area (Å²) in [6.07, 6.45) is 6.71. The molecule has 0 saturated heterocycles. The Hall–Kier alpha value is -2.41. The summed E-state index contributed by atoms with van der Waals surface area (Å²) in [4.78, 5) is 8.33. The van der Waals surface area contributed by atoms with Crippen LogP contribution in [0.2, 0.25) is 0 Å². The molecular weight excluding hydrogens is 423 g/mol. The fourth-order valence-electron chi connectivity index (χ4n) is 3.07. The Morgan fingerprint density at radius 1 is 1.18 bits per heavy atom. The summed E-state index contributed by atoms with van der Waals surface area (Å²) in [7, 11) is 0. The zero-order valence-electron chi connectivity index (χ0n) is 16.0. The first-order chi connectivity index (χ1) is 13.5. The molecule has 0 amide bonds. The summed E-state index contributed by atoms with van der Waals surface area (Å²) >= 11 is 3.77. The highest BCUT2D eigenvalue weighted by atomic mass is 79.9. The Labute approximate surface area is 173 Å². The minimum absolute atomic E-state index is 0.294. The Bertz CT molecular complexity index is 941. The van der Waals surface area contributed by atoms with Gasteiger partial charge in [0.2, 0.25) is 0 Å². The minimum Gasteiger partial charge on any atom is -0.354 e. The quantitative estimate of drug-likeness (QED) is 0.379. The van der Waals surface area contributed by atoms with Gasteiger partial charge in [-0.3, -0.25) is 0 Å². The lowest BCUT2D eigenvalue weighted by Crippen LogP contribution is -2.41. The molecule has 0 bridgehead atoms. The Morgan fingerprint density at radius 3 is 2.50 bits per heavy atom. The number of rotatable bonds is 5. The number of benzene rings is 1. The van der Waals surface area contributed by atoms with Gasteiger partial charge in [-0.2, -0.15) is 0 Å². The van der Waals surface area contributed by atoms with Crippen molar-refractivity contribution >= 4 is 38.8 Å². The third-order valence-corrected chi connectivity index (χ3v) is 5.51. The van der Waals surface area contributed by atoms with Crippen molar-refractivity contribution in [3.63, 3.8) is 0 Å². The molecule has 1 aliphatic heterocycles. The zero-order valence-corrected chi connectivity index (χ0v) is 17.6. The molecule has 2 heterocycles. The van der Waals surface area contributed by atoms with Gasteiger partial charge >= 0.3 is 5.81 Å². The molecule has 1 aliphatic rings. The van der Waals surface area contributed by atoms with Gasteiger partial charge in [0.05, 0.1) is 17.6 Å². The maximum atomic E-state index is 13.8. The second-order valence-electron chi connectivity index (χ2n) is 6.40. The van der Waals surface area contributed by atoms with E-state index in [4.69, 9.17) is 0 Å². The van der Waals surface area contributed by atoms with Crippen LogP contribution in [-0.4, -0.2) is 10.8 Å². The molecule has 3 rings (SSSR count). The Kier molecular flexibility index (Phi) is 6.34. The number of allylic oxidation sites excluding steroid dienone is 5. The number of aromatic nitrogens is 1. The second-order valence-corrected chi connectivity index (χ2v) is 7.22. The average molecular weight is 444 g/mol. The highest BCUT2D eigenvalue weighted by molar-refractivity contribution is 9.24. The van der Waals surface area contributed by atoms with Crippen molar-refractivity contribution in [2.24, 2.45) is 0 Å². The van der Waals surface area contributed by atoms with E-state index in [1.165, 1.54) is 24.4 Å². The van der Waals surface area contributed by atoms with Gasteiger partial charge in [-0.25, -0.2) is 13.8 Å². The number of fused-ring (bicyclic) bond motifs is 1. The molecule has 28 heavy (non-hydrogen) atoms. The van der Waals surface area contributed by atoms with Gasteiger partial charge in [0.15, 0.2) is 0 Å². The SMILES string of the molecule is CC=C(F)C=CC(=C(C)CC)N1B(Br)N(c2ccc(F)cn2)c2ccccc21. The van der Waals surface area contributed by atoms with E-state index >= 15 is 0 Å². The molecule has 0 saturated carbocycles. The van der Waals surface area contributed by atoms with Gasteiger partial charge < -0.3 is 9.62 Å². The van der Waals surface area contributed by atoms with E-state index in [-0.39, 0.29) is 17.5 Å². The monoisotopic (exact) mass is 443 g/mol. The van der Waals surface area contributed by atoms with E-state index in [2.05, 4.69) is 32.5 Å². The van der Waals surface area contributed by atoms with Gasteiger partial charge in [-0.05, 0) is 56.7 Å². The number of hydrogen-bond acceptors (Lipinski definition) is 3. The van der Waals surface area contributed by atoms with E-state index in [0.717, 1.165) is 29.1 Å². The zero-order chi connectivity index (χ0) is 20.3. The summed E-state index contributed by atoms with van der Waals surface area (Å²) in [5, 5.41) is 0. The number of anilines is 3. The summed E-state index contributed by atoms with van der Waals surface area (Å²) < 4.78 is 27.2. The highest BCUT2D eigenvalue weighted by Gasteiger charge is 2.41. The number of pyridine rings is 1. The molecule has 0 spiro atoms. The summed E-state index contributed by atoms with van der Waals surface area (Å²) in [5.41, 5.74) is 3.92. The first kappa shape index (κ1) is 20.3. The Morgan fingerprint density at radius 2 is 1.89 bits per heavy atom. The third-order valence-electron chi connectivity index (χ3n) is 4.69. The smallest absolute Gasteiger partial charge is 0.354 e. The fraction of sp³-hybridized carbons (Fsp3) is 0.190. The van der Waals surface area contributed by atoms with Gasteiger partial charge in [0.25, 0.3) is 0 Å². The van der Waals surface area contributed by atoms with Crippen molar-refractivity contribution in [2.75, 3.05) is 9.62 Å². The van der Waals surface area contributed by atoms with Crippen molar-refractivity contribution < 1.29 is 8.78 Å². The highest BCUT2D eigenvalue weighted by Crippen LogP contribution is 2.46. The van der Waals surface area contributed by atoms with Crippen LogP contribution in [0.3, 0.4) is 0 Å². The van der Waals surface area contributed by atoms with E-state index in [9.17, 15) is 8.78 Å². The molecule has 0 aliphatic carbocycles. The molecule has 0 atom stereocenters. The molecule has 0 unspecified atom stereocenters. The van der Waals surface area contributed by atoms with Crippen molar-refractivity contribution in [1.29, 1.82) is 0 Å². The van der Waals surface area contributed by atoms with E-state index in [0.29, 0.717) is 5.82 Å². The van der Waals surface area contributed by atoms with Crippen LogP contribution in [0.5, 0.6) is 0 Å². The Balaban J connectivity index is 2.13. The van der Waals surface area contributed by atoms with E-state index in [1.807, 2.05) is 36.0 Å². The van der Waals surface area contributed by atoms with Crippen molar-refractivity contribution in [3.05, 3.63) is 83.7 Å². The summed E-state index contributed by atoms with van der Waals surface area (Å²) in [6.45, 7) is 5.77. The van der Waals surface area contributed by atoms with Crippen LogP contribution in [0, 0.1) is 5.82 Å². The minimum atomic E-state index is -0.383. The van der Waals surface area contributed by atoms with Crippen molar-refractivity contribution in [3.8, 4) is 0 Å². The van der Waals surface area contributed by atoms with Crippen molar-refractivity contribution in [2.45, 2.75) is 27.2 Å². The number of halogens is 3. The standard InChI is InChI=1S/C21H21BBrF2N3/c1-4-15(3)18(12-10-16(24)5-2)27-19-8-6-7-9-20(19)28(22(27)23)21-13-11-17(25)14-26-21/h5-14H,4H2,1-3H3. The molecular formula is C21H21BBrF2N3. The van der Waals surface area contributed by atoms with Crippen LogP contribution in [0.25, 0.3) is 0 Å². The first-order valence-electron chi connectivity index (χ1n) is 9.10. The normalized spacial score (nSPS) is 15.4. The lowest BCUT2D eigenvalue weighted by atomic mass is 10.0. The maximum absolute atomic E-state index is 13.8. The lowest BCUT2D eigenvalue weighted by Gasteiger charge is -2.27. The molecule has 1 aromatic carbocycles. The van der Waals surface area contributed by atoms with Crippen LogP contribution in [0.15, 0.2) is 77.9 Å². The second kappa shape index (κ2) is 8.73. The molecule has 3 nitrogen and oxygen atoms in total. The van der Waals surface area contributed by atoms with Gasteiger partial charge in [-0.15, -0.1) is 0 Å². The van der Waals surface area contributed by atoms with Crippen LogP contribution in [-0.2, 0) is 0 Å². The van der Waals surface area contributed by atoms with Crippen LogP contribution in [0.4, 0.5) is 26.0 Å². The fourth-order valence-corrected chi connectivity index (χ4v) is 3.94. The molecule has 0 radical (unpaired) electrons. The number of para-hydroxylation sites is 2. The first-order valence-corrected chi connectivity index (χ1v) is 10.0.